The minimum Gasteiger partial charge on any atom is -0.491 e. The lowest BCUT2D eigenvalue weighted by Crippen LogP contribution is -2.34. The van der Waals surface area contributed by atoms with Crippen LogP contribution in [0.15, 0.2) is 29.2 Å². The highest BCUT2D eigenvalue weighted by atomic mass is 32.2. The summed E-state index contributed by atoms with van der Waals surface area (Å²) in [6.45, 7) is 5.86. The first-order valence-electron chi connectivity index (χ1n) is 7.70. The van der Waals surface area contributed by atoms with E-state index in [4.69, 9.17) is 9.47 Å². The molecular weight excluding hydrogens is 302 g/mol. The van der Waals surface area contributed by atoms with Gasteiger partial charge in [-0.1, -0.05) is 0 Å². The maximum absolute atomic E-state index is 12.6. The van der Waals surface area contributed by atoms with Crippen LogP contribution in [-0.2, 0) is 14.8 Å². The minimum absolute atomic E-state index is 0.0682. The van der Waals surface area contributed by atoms with Gasteiger partial charge in [0.1, 0.15) is 5.75 Å². The molecule has 0 saturated carbocycles. The maximum Gasteiger partial charge on any atom is 0.242 e. The SMILES string of the molecule is CC(C)Oc1ccc(S(=O)(=O)N(C)CC2CCOCC2)cc1. The number of hydrogen-bond donors (Lipinski definition) is 0. The zero-order valence-corrected chi connectivity index (χ0v) is 14.3. The molecule has 0 N–H and O–H groups in total. The molecule has 1 aliphatic heterocycles. The molecule has 0 radical (unpaired) electrons. The Bertz CT molecular complexity index is 562. The summed E-state index contributed by atoms with van der Waals surface area (Å²) in [5.74, 6) is 1.05. The Hall–Kier alpha value is -1.11. The fourth-order valence-electron chi connectivity index (χ4n) is 2.53. The van der Waals surface area contributed by atoms with Gasteiger partial charge >= 0.3 is 0 Å². The van der Waals surface area contributed by atoms with Gasteiger partial charge in [-0.15, -0.1) is 0 Å². The average molecular weight is 327 g/mol. The van der Waals surface area contributed by atoms with Crippen molar-refractivity contribution in [2.24, 2.45) is 5.92 Å². The third kappa shape index (κ3) is 4.44. The van der Waals surface area contributed by atoms with Crippen LogP contribution in [0.4, 0.5) is 0 Å². The Labute approximate surface area is 133 Å². The number of rotatable bonds is 6. The molecule has 22 heavy (non-hydrogen) atoms. The van der Waals surface area contributed by atoms with Crippen LogP contribution in [0.25, 0.3) is 0 Å². The second-order valence-corrected chi connectivity index (χ2v) is 8.02. The van der Waals surface area contributed by atoms with Crippen molar-refractivity contribution in [1.82, 2.24) is 4.31 Å². The first-order chi connectivity index (χ1) is 10.4. The number of benzene rings is 1. The van der Waals surface area contributed by atoms with Gasteiger partial charge in [0.05, 0.1) is 11.0 Å². The normalized spacial score (nSPS) is 17.1. The molecule has 1 aromatic rings. The molecule has 1 fully saturated rings. The Morgan fingerprint density at radius 1 is 1.23 bits per heavy atom. The molecule has 1 heterocycles. The summed E-state index contributed by atoms with van der Waals surface area (Å²) in [7, 11) is -1.80. The molecule has 0 bridgehead atoms. The molecule has 2 rings (SSSR count). The van der Waals surface area contributed by atoms with Gasteiger partial charge in [-0.25, -0.2) is 12.7 Å². The molecule has 0 atom stereocenters. The first kappa shape index (κ1) is 17.2. The van der Waals surface area contributed by atoms with E-state index >= 15 is 0 Å². The van der Waals surface area contributed by atoms with E-state index in [-0.39, 0.29) is 6.10 Å². The standard InChI is InChI=1S/C16H25NO4S/c1-13(2)21-15-4-6-16(7-5-15)22(18,19)17(3)12-14-8-10-20-11-9-14/h4-7,13-14H,8-12H2,1-3H3. The third-order valence-electron chi connectivity index (χ3n) is 3.76. The van der Waals surface area contributed by atoms with Gasteiger partial charge in [-0.05, 0) is 56.9 Å². The summed E-state index contributed by atoms with van der Waals surface area (Å²) in [6, 6.07) is 6.62. The summed E-state index contributed by atoms with van der Waals surface area (Å²) >= 11 is 0. The summed E-state index contributed by atoms with van der Waals surface area (Å²) in [5.41, 5.74) is 0. The quantitative estimate of drug-likeness (QED) is 0.805. The lowest BCUT2D eigenvalue weighted by molar-refractivity contribution is 0.0620. The highest BCUT2D eigenvalue weighted by molar-refractivity contribution is 7.89. The van der Waals surface area contributed by atoms with E-state index in [1.54, 1.807) is 31.3 Å². The van der Waals surface area contributed by atoms with Crippen LogP contribution in [0.3, 0.4) is 0 Å². The molecule has 1 saturated heterocycles. The van der Waals surface area contributed by atoms with Gasteiger partial charge in [0.25, 0.3) is 0 Å². The molecule has 1 aromatic carbocycles. The number of ether oxygens (including phenoxy) is 2. The van der Waals surface area contributed by atoms with Crippen LogP contribution in [0.5, 0.6) is 5.75 Å². The molecule has 1 aliphatic rings. The molecule has 124 valence electrons. The van der Waals surface area contributed by atoms with Crippen molar-refractivity contribution in [1.29, 1.82) is 0 Å². The minimum atomic E-state index is -3.45. The van der Waals surface area contributed by atoms with Gasteiger partial charge in [0.15, 0.2) is 0 Å². The van der Waals surface area contributed by atoms with E-state index in [2.05, 4.69) is 0 Å². The van der Waals surface area contributed by atoms with E-state index in [9.17, 15) is 8.42 Å². The lowest BCUT2D eigenvalue weighted by Gasteiger charge is -2.26. The summed E-state index contributed by atoms with van der Waals surface area (Å²) in [5, 5.41) is 0. The van der Waals surface area contributed by atoms with Crippen molar-refractivity contribution < 1.29 is 17.9 Å². The zero-order chi connectivity index (χ0) is 16.2. The molecule has 6 heteroatoms. The third-order valence-corrected chi connectivity index (χ3v) is 5.60. The van der Waals surface area contributed by atoms with Crippen molar-refractivity contribution in [3.05, 3.63) is 24.3 Å². The number of nitrogens with zero attached hydrogens (tertiary/aromatic N) is 1. The molecular formula is C16H25NO4S. The maximum atomic E-state index is 12.6. The summed E-state index contributed by atoms with van der Waals surface area (Å²) in [6.07, 6.45) is 1.90. The predicted molar refractivity (Wildman–Crippen MR) is 85.6 cm³/mol. The van der Waals surface area contributed by atoms with Gasteiger partial charge < -0.3 is 9.47 Å². The van der Waals surface area contributed by atoms with Gasteiger partial charge in [-0.3, -0.25) is 0 Å². The van der Waals surface area contributed by atoms with Crippen molar-refractivity contribution in [2.75, 3.05) is 26.8 Å². The smallest absolute Gasteiger partial charge is 0.242 e. The Balaban J connectivity index is 2.04. The van der Waals surface area contributed by atoms with E-state index in [1.807, 2.05) is 13.8 Å². The second-order valence-electron chi connectivity index (χ2n) is 5.98. The van der Waals surface area contributed by atoms with Crippen molar-refractivity contribution in [3.8, 4) is 5.75 Å². The second kappa shape index (κ2) is 7.44. The van der Waals surface area contributed by atoms with Crippen LogP contribution in [-0.4, -0.2) is 45.6 Å². The van der Waals surface area contributed by atoms with Crippen LogP contribution < -0.4 is 4.74 Å². The summed E-state index contributed by atoms with van der Waals surface area (Å²) in [4.78, 5) is 0.304. The molecule has 5 nitrogen and oxygen atoms in total. The molecule has 0 aromatic heterocycles. The highest BCUT2D eigenvalue weighted by Gasteiger charge is 2.25. The van der Waals surface area contributed by atoms with Gasteiger partial charge in [-0.2, -0.15) is 0 Å². The topological polar surface area (TPSA) is 55.8 Å². The Morgan fingerprint density at radius 2 is 1.82 bits per heavy atom. The Morgan fingerprint density at radius 3 is 2.36 bits per heavy atom. The predicted octanol–water partition coefficient (Wildman–Crippen LogP) is 2.52. The van der Waals surface area contributed by atoms with Crippen molar-refractivity contribution >= 4 is 10.0 Å². The molecule has 0 aliphatic carbocycles. The molecule has 0 amide bonds. The van der Waals surface area contributed by atoms with Crippen molar-refractivity contribution in [3.63, 3.8) is 0 Å². The number of sulfonamides is 1. The highest BCUT2D eigenvalue weighted by Crippen LogP contribution is 2.22. The van der Waals surface area contributed by atoms with E-state index in [0.29, 0.717) is 23.1 Å². The largest absolute Gasteiger partial charge is 0.491 e. The van der Waals surface area contributed by atoms with Gasteiger partial charge in [0, 0.05) is 26.8 Å². The van der Waals surface area contributed by atoms with E-state index in [1.165, 1.54) is 4.31 Å². The lowest BCUT2D eigenvalue weighted by atomic mass is 10.0. The van der Waals surface area contributed by atoms with Crippen LogP contribution in [0.2, 0.25) is 0 Å². The fourth-order valence-corrected chi connectivity index (χ4v) is 3.78. The van der Waals surface area contributed by atoms with E-state index in [0.717, 1.165) is 26.1 Å². The average Bonchev–Trinajstić information content (AvgIpc) is 2.48. The molecule has 0 unspecified atom stereocenters. The monoisotopic (exact) mass is 327 g/mol. The Kier molecular flexibility index (Phi) is 5.83. The fraction of sp³-hybridized carbons (Fsp3) is 0.625. The van der Waals surface area contributed by atoms with E-state index < -0.39 is 10.0 Å². The van der Waals surface area contributed by atoms with Crippen LogP contribution in [0.1, 0.15) is 26.7 Å². The van der Waals surface area contributed by atoms with Crippen molar-refractivity contribution in [2.45, 2.75) is 37.7 Å². The molecule has 0 spiro atoms. The summed E-state index contributed by atoms with van der Waals surface area (Å²) < 4.78 is 37.5. The van der Waals surface area contributed by atoms with Gasteiger partial charge in [0.2, 0.25) is 10.0 Å². The first-order valence-corrected chi connectivity index (χ1v) is 9.14. The number of hydrogen-bond acceptors (Lipinski definition) is 4. The zero-order valence-electron chi connectivity index (χ0n) is 13.5. The van der Waals surface area contributed by atoms with Crippen LogP contribution >= 0.6 is 0 Å². The van der Waals surface area contributed by atoms with Crippen LogP contribution in [0, 0.1) is 5.92 Å².